The molecule has 0 fully saturated rings. The number of fused-ring (bicyclic) bond motifs is 1. The first-order chi connectivity index (χ1) is 10.8. The fourth-order valence-electron chi connectivity index (χ4n) is 2.25. The maximum absolute atomic E-state index is 6.00. The van der Waals surface area contributed by atoms with Crippen LogP contribution in [0.5, 0.6) is 5.75 Å². The first-order valence-electron chi connectivity index (χ1n) is 6.91. The summed E-state index contributed by atoms with van der Waals surface area (Å²) in [6.07, 6.45) is 2.84. The summed E-state index contributed by atoms with van der Waals surface area (Å²) in [5.74, 6) is 1.33. The van der Waals surface area contributed by atoms with Crippen LogP contribution in [0.2, 0.25) is 0 Å². The van der Waals surface area contributed by atoms with E-state index in [4.69, 9.17) is 10.5 Å². The van der Waals surface area contributed by atoms with E-state index >= 15 is 0 Å². The fourth-order valence-corrected chi connectivity index (χ4v) is 3.49. The number of thioether (sulfide) groups is 1. The van der Waals surface area contributed by atoms with Crippen LogP contribution in [0.15, 0.2) is 33.6 Å². The smallest absolute Gasteiger partial charge is 0.189 e. The number of para-hydroxylation sites is 1. The summed E-state index contributed by atoms with van der Waals surface area (Å²) in [6.45, 7) is 1.12. The van der Waals surface area contributed by atoms with Gasteiger partial charge in [-0.3, -0.25) is 0 Å². The Morgan fingerprint density at radius 3 is 3.18 bits per heavy atom. The lowest BCUT2D eigenvalue weighted by molar-refractivity contribution is 0.262. The van der Waals surface area contributed by atoms with Crippen LogP contribution in [0.25, 0.3) is 0 Å². The summed E-state index contributed by atoms with van der Waals surface area (Å²) in [5.41, 5.74) is 7.12. The Morgan fingerprint density at radius 1 is 1.50 bits per heavy atom. The summed E-state index contributed by atoms with van der Waals surface area (Å²) < 4.78 is 6.58. The number of aliphatic imine (C=N–C) groups is 1. The molecule has 0 bridgehead atoms. The molecule has 0 radical (unpaired) electrons. The van der Waals surface area contributed by atoms with Crippen LogP contribution in [0.3, 0.4) is 0 Å². The molecule has 1 aliphatic rings. The van der Waals surface area contributed by atoms with Gasteiger partial charge in [0.25, 0.3) is 0 Å². The molecule has 0 spiro atoms. The van der Waals surface area contributed by atoms with Crippen molar-refractivity contribution in [3.63, 3.8) is 0 Å². The van der Waals surface area contributed by atoms with E-state index in [0.717, 1.165) is 27.1 Å². The number of hydrogen-bond donors (Lipinski definition) is 2. The minimum atomic E-state index is 0.130. The van der Waals surface area contributed by atoms with Crippen LogP contribution in [-0.2, 0) is 6.54 Å². The lowest BCUT2D eigenvalue weighted by Crippen LogP contribution is -2.37. The maximum Gasteiger partial charge on any atom is 0.189 e. The first kappa shape index (κ1) is 15.1. The van der Waals surface area contributed by atoms with Crippen molar-refractivity contribution in [3.05, 3.63) is 34.8 Å². The van der Waals surface area contributed by atoms with Crippen molar-refractivity contribution in [1.82, 2.24) is 15.5 Å². The van der Waals surface area contributed by atoms with Crippen molar-refractivity contribution in [1.29, 1.82) is 0 Å². The predicted octanol–water partition coefficient (Wildman–Crippen LogP) is 2.19. The Kier molecular flexibility index (Phi) is 4.79. The summed E-state index contributed by atoms with van der Waals surface area (Å²) in [5, 5.41) is 12.2. The maximum atomic E-state index is 6.00. The van der Waals surface area contributed by atoms with Gasteiger partial charge in [-0.1, -0.05) is 41.3 Å². The third-order valence-electron chi connectivity index (χ3n) is 3.29. The molecule has 6 nitrogen and oxygen atoms in total. The highest BCUT2D eigenvalue weighted by atomic mass is 32.2. The van der Waals surface area contributed by atoms with Crippen LogP contribution in [0, 0.1) is 0 Å². The molecule has 1 aromatic heterocycles. The van der Waals surface area contributed by atoms with E-state index in [9.17, 15) is 0 Å². The molecular formula is C14H17N5OS2. The molecule has 3 N–H and O–H groups in total. The van der Waals surface area contributed by atoms with Gasteiger partial charge in [-0.2, -0.15) is 0 Å². The zero-order chi connectivity index (χ0) is 15.4. The summed E-state index contributed by atoms with van der Waals surface area (Å²) >= 11 is 3.12. The van der Waals surface area contributed by atoms with Crippen molar-refractivity contribution >= 4 is 29.1 Å². The van der Waals surface area contributed by atoms with Crippen molar-refractivity contribution in [2.24, 2.45) is 10.7 Å². The van der Waals surface area contributed by atoms with Gasteiger partial charge in [-0.15, -0.1) is 10.2 Å². The molecule has 1 unspecified atom stereocenters. The summed E-state index contributed by atoms with van der Waals surface area (Å²) in [4.78, 5) is 4.35. The number of rotatable bonds is 4. The molecular weight excluding hydrogens is 318 g/mol. The lowest BCUT2D eigenvalue weighted by Gasteiger charge is -2.26. The van der Waals surface area contributed by atoms with Crippen molar-refractivity contribution in [3.8, 4) is 5.75 Å². The average molecular weight is 335 g/mol. The van der Waals surface area contributed by atoms with Gasteiger partial charge in [-0.05, 0) is 12.3 Å². The SMILES string of the molecule is CSc1nnc(CN=C(N)NC2CCOc3ccccc32)s1. The molecule has 2 aromatic rings. The lowest BCUT2D eigenvalue weighted by atomic mass is 10.0. The Hall–Kier alpha value is -1.80. The van der Waals surface area contributed by atoms with Crippen LogP contribution in [0.4, 0.5) is 0 Å². The first-order valence-corrected chi connectivity index (χ1v) is 8.95. The molecule has 0 aliphatic carbocycles. The van der Waals surface area contributed by atoms with E-state index in [1.165, 1.54) is 11.3 Å². The topological polar surface area (TPSA) is 85.4 Å². The van der Waals surface area contributed by atoms with Crippen LogP contribution >= 0.6 is 23.1 Å². The van der Waals surface area contributed by atoms with E-state index in [2.05, 4.69) is 26.6 Å². The minimum absolute atomic E-state index is 0.130. The number of nitrogens with one attached hydrogen (secondary N) is 1. The average Bonchev–Trinajstić information content (AvgIpc) is 3.01. The summed E-state index contributed by atoms with van der Waals surface area (Å²) in [6, 6.07) is 8.12. The number of benzene rings is 1. The number of guanidine groups is 1. The zero-order valence-corrected chi connectivity index (χ0v) is 13.8. The standard InChI is InChI=1S/C14H17N5OS2/c1-21-14-19-18-12(22-14)8-16-13(15)17-10-6-7-20-11-5-3-2-4-9(10)11/h2-5,10H,6-8H2,1H3,(H3,15,16,17). The van der Waals surface area contributed by atoms with Gasteiger partial charge in [0.2, 0.25) is 0 Å². The third-order valence-corrected chi connectivity index (χ3v) is 5.17. The molecule has 0 saturated carbocycles. The Balaban J connectivity index is 1.64. The largest absolute Gasteiger partial charge is 0.493 e. The fraction of sp³-hybridized carbons (Fsp3) is 0.357. The number of ether oxygens (including phenoxy) is 1. The molecule has 22 heavy (non-hydrogen) atoms. The van der Waals surface area contributed by atoms with Gasteiger partial charge in [0.15, 0.2) is 10.3 Å². The van der Waals surface area contributed by atoms with E-state index in [1.54, 1.807) is 11.8 Å². The molecule has 2 heterocycles. The Labute approximate surface area is 137 Å². The molecule has 3 rings (SSSR count). The Morgan fingerprint density at radius 2 is 2.36 bits per heavy atom. The molecule has 0 amide bonds. The third kappa shape index (κ3) is 3.50. The second-order valence-corrected chi connectivity index (χ2v) is 6.85. The second kappa shape index (κ2) is 6.97. The van der Waals surface area contributed by atoms with Gasteiger partial charge >= 0.3 is 0 Å². The van der Waals surface area contributed by atoms with Crippen molar-refractivity contribution in [2.75, 3.05) is 12.9 Å². The summed E-state index contributed by atoms with van der Waals surface area (Å²) in [7, 11) is 0. The van der Waals surface area contributed by atoms with Gasteiger partial charge in [0, 0.05) is 12.0 Å². The highest BCUT2D eigenvalue weighted by molar-refractivity contribution is 8.00. The molecule has 1 atom stereocenters. The van der Waals surface area contributed by atoms with Gasteiger partial charge in [0.1, 0.15) is 10.8 Å². The van der Waals surface area contributed by atoms with Crippen molar-refractivity contribution in [2.45, 2.75) is 23.3 Å². The van der Waals surface area contributed by atoms with Crippen LogP contribution in [0.1, 0.15) is 23.0 Å². The quantitative estimate of drug-likeness (QED) is 0.506. The van der Waals surface area contributed by atoms with Crippen LogP contribution in [-0.4, -0.2) is 29.0 Å². The molecule has 1 aromatic carbocycles. The second-order valence-electron chi connectivity index (χ2n) is 4.74. The molecule has 8 heteroatoms. The van der Waals surface area contributed by atoms with E-state index in [-0.39, 0.29) is 6.04 Å². The zero-order valence-electron chi connectivity index (χ0n) is 12.2. The van der Waals surface area contributed by atoms with E-state index in [1.807, 2.05) is 24.5 Å². The number of aromatic nitrogens is 2. The number of nitrogens with zero attached hydrogens (tertiary/aromatic N) is 3. The number of hydrogen-bond acceptors (Lipinski definition) is 6. The number of nitrogens with two attached hydrogens (primary N) is 1. The van der Waals surface area contributed by atoms with Crippen LogP contribution < -0.4 is 15.8 Å². The highest BCUT2D eigenvalue weighted by Crippen LogP contribution is 2.31. The molecule has 1 aliphatic heterocycles. The van der Waals surface area contributed by atoms with Gasteiger partial charge in [0.05, 0.1) is 19.2 Å². The Bertz CT molecular complexity index is 673. The highest BCUT2D eigenvalue weighted by Gasteiger charge is 2.21. The van der Waals surface area contributed by atoms with Crippen molar-refractivity contribution < 1.29 is 4.74 Å². The van der Waals surface area contributed by atoms with Gasteiger partial charge in [-0.25, -0.2) is 4.99 Å². The molecule has 0 saturated heterocycles. The monoisotopic (exact) mass is 335 g/mol. The minimum Gasteiger partial charge on any atom is -0.493 e. The predicted molar refractivity (Wildman–Crippen MR) is 89.4 cm³/mol. The van der Waals surface area contributed by atoms with Gasteiger partial charge < -0.3 is 15.8 Å². The van der Waals surface area contributed by atoms with E-state index < -0.39 is 0 Å². The molecule has 116 valence electrons. The normalized spacial score (nSPS) is 17.7. The van der Waals surface area contributed by atoms with E-state index in [0.29, 0.717) is 19.1 Å².